The van der Waals surface area contributed by atoms with Crippen LogP contribution in [0, 0.1) is 0 Å². The number of fused-ring (bicyclic) bond motifs is 1. The van der Waals surface area contributed by atoms with Crippen LogP contribution in [0.15, 0.2) is 48.7 Å². The van der Waals surface area contributed by atoms with Crippen LogP contribution in [-0.4, -0.2) is 21.0 Å². The van der Waals surface area contributed by atoms with Gasteiger partial charge in [-0.05, 0) is 42.0 Å². The molecule has 0 radical (unpaired) electrons. The number of pyridine rings is 1. The molecule has 0 aliphatic carbocycles. The Morgan fingerprint density at radius 2 is 1.96 bits per heavy atom. The fourth-order valence-corrected chi connectivity index (χ4v) is 2.59. The first-order valence-corrected chi connectivity index (χ1v) is 7.83. The maximum Gasteiger partial charge on any atom is 0.328 e. The maximum atomic E-state index is 10.6. The normalized spacial score (nSPS) is 12.1. The van der Waals surface area contributed by atoms with E-state index in [4.69, 9.17) is 5.11 Å². The van der Waals surface area contributed by atoms with Crippen molar-refractivity contribution in [2.75, 3.05) is 0 Å². The lowest BCUT2D eigenvalue weighted by molar-refractivity contribution is -0.131. The van der Waals surface area contributed by atoms with Gasteiger partial charge >= 0.3 is 5.97 Å². The highest BCUT2D eigenvalue weighted by atomic mass is 16.4. The minimum atomic E-state index is -0.948. The maximum absolute atomic E-state index is 10.6. The number of aromatic nitrogens is 2. The smallest absolute Gasteiger partial charge is 0.328 e. The number of carboxylic acid groups (broad SMARTS) is 1. The van der Waals surface area contributed by atoms with E-state index in [0.717, 1.165) is 39.5 Å². The van der Waals surface area contributed by atoms with Gasteiger partial charge in [0.15, 0.2) is 0 Å². The molecule has 24 heavy (non-hydrogen) atoms. The molecule has 0 bridgehead atoms. The molecule has 3 rings (SSSR count). The van der Waals surface area contributed by atoms with Crippen LogP contribution in [-0.2, 0) is 10.2 Å². The van der Waals surface area contributed by atoms with Crippen molar-refractivity contribution in [3.05, 3.63) is 59.9 Å². The fraction of sp³-hybridized carbons (Fsp3) is 0.200. The minimum absolute atomic E-state index is 0.00315. The number of hydrogen-bond acceptors (Lipinski definition) is 2. The Morgan fingerprint density at radius 1 is 1.17 bits per heavy atom. The van der Waals surface area contributed by atoms with Crippen molar-refractivity contribution in [1.29, 1.82) is 0 Å². The molecule has 0 spiro atoms. The number of hydrogen-bond donors (Lipinski definition) is 2. The SMILES string of the molecule is CC(C)(C)c1cc(-c2cc3cc(/C=C/C(=O)O)ccc3[nH]2)ccn1. The van der Waals surface area contributed by atoms with E-state index in [-0.39, 0.29) is 5.41 Å². The van der Waals surface area contributed by atoms with Crippen molar-refractivity contribution in [2.45, 2.75) is 26.2 Å². The molecular formula is C20H20N2O2. The third-order valence-electron chi connectivity index (χ3n) is 3.90. The van der Waals surface area contributed by atoms with Gasteiger partial charge in [-0.3, -0.25) is 4.98 Å². The molecule has 0 aliphatic heterocycles. The molecule has 0 aliphatic rings. The van der Waals surface area contributed by atoms with E-state index in [2.05, 4.69) is 42.9 Å². The first-order chi connectivity index (χ1) is 11.3. The zero-order valence-corrected chi connectivity index (χ0v) is 14.0. The van der Waals surface area contributed by atoms with Gasteiger partial charge in [-0.15, -0.1) is 0 Å². The number of benzene rings is 1. The summed E-state index contributed by atoms with van der Waals surface area (Å²) >= 11 is 0. The van der Waals surface area contributed by atoms with E-state index in [1.165, 1.54) is 0 Å². The average molecular weight is 320 g/mol. The number of carboxylic acids is 1. The van der Waals surface area contributed by atoms with Crippen LogP contribution in [0.3, 0.4) is 0 Å². The van der Waals surface area contributed by atoms with Crippen LogP contribution in [0.1, 0.15) is 32.0 Å². The van der Waals surface area contributed by atoms with Gasteiger partial charge in [-0.2, -0.15) is 0 Å². The summed E-state index contributed by atoms with van der Waals surface area (Å²) in [5, 5.41) is 9.78. The molecule has 0 saturated heterocycles. The lowest BCUT2D eigenvalue weighted by Crippen LogP contribution is -2.13. The van der Waals surface area contributed by atoms with Crippen molar-refractivity contribution >= 4 is 22.9 Å². The van der Waals surface area contributed by atoms with Gasteiger partial charge in [-0.1, -0.05) is 26.8 Å². The highest BCUT2D eigenvalue weighted by molar-refractivity contribution is 5.90. The second kappa shape index (κ2) is 5.96. The summed E-state index contributed by atoms with van der Waals surface area (Å²) in [5.74, 6) is -0.948. The Morgan fingerprint density at radius 3 is 2.67 bits per heavy atom. The summed E-state index contributed by atoms with van der Waals surface area (Å²) in [6.45, 7) is 6.43. The van der Waals surface area contributed by atoms with E-state index in [1.807, 2.05) is 30.5 Å². The summed E-state index contributed by atoms with van der Waals surface area (Å²) in [5.41, 5.74) is 5.04. The van der Waals surface area contributed by atoms with Crippen LogP contribution in [0.5, 0.6) is 0 Å². The Hall–Kier alpha value is -2.88. The van der Waals surface area contributed by atoms with Crippen LogP contribution in [0.4, 0.5) is 0 Å². The van der Waals surface area contributed by atoms with Crippen molar-refractivity contribution in [3.63, 3.8) is 0 Å². The summed E-state index contributed by atoms with van der Waals surface area (Å²) in [6, 6.07) is 12.0. The summed E-state index contributed by atoms with van der Waals surface area (Å²) in [4.78, 5) is 18.5. The Kier molecular flexibility index (Phi) is 3.97. The number of carbonyl (C=O) groups is 1. The van der Waals surface area contributed by atoms with Gasteiger partial charge in [0.2, 0.25) is 0 Å². The van der Waals surface area contributed by atoms with Crippen LogP contribution in [0.2, 0.25) is 0 Å². The van der Waals surface area contributed by atoms with E-state index >= 15 is 0 Å². The standard InChI is InChI=1S/C20H20N2O2/c1-20(2,3)18-12-14(8-9-21-18)17-11-15-10-13(5-7-19(23)24)4-6-16(15)22-17/h4-12,22H,1-3H3,(H,23,24)/b7-5+. The zero-order chi connectivity index (χ0) is 17.3. The monoisotopic (exact) mass is 320 g/mol. The molecule has 0 fully saturated rings. The van der Waals surface area contributed by atoms with Crippen molar-refractivity contribution in [3.8, 4) is 11.3 Å². The number of nitrogens with zero attached hydrogens (tertiary/aromatic N) is 1. The highest BCUT2D eigenvalue weighted by Gasteiger charge is 2.16. The summed E-state index contributed by atoms with van der Waals surface area (Å²) in [6.07, 6.45) is 4.58. The number of aliphatic carboxylic acids is 1. The topological polar surface area (TPSA) is 66.0 Å². The largest absolute Gasteiger partial charge is 0.478 e. The second-order valence-corrected chi connectivity index (χ2v) is 6.88. The zero-order valence-electron chi connectivity index (χ0n) is 14.0. The molecule has 1 aromatic carbocycles. The third kappa shape index (κ3) is 3.38. The number of H-pyrrole nitrogens is 1. The van der Waals surface area contributed by atoms with Gasteiger partial charge in [0.1, 0.15) is 0 Å². The minimum Gasteiger partial charge on any atom is -0.478 e. The number of rotatable bonds is 3. The van der Waals surface area contributed by atoms with E-state index < -0.39 is 5.97 Å². The summed E-state index contributed by atoms with van der Waals surface area (Å²) in [7, 11) is 0. The van der Waals surface area contributed by atoms with Crippen LogP contribution >= 0.6 is 0 Å². The van der Waals surface area contributed by atoms with Crippen molar-refractivity contribution in [1.82, 2.24) is 9.97 Å². The predicted octanol–water partition coefficient (Wildman–Crippen LogP) is 4.63. The molecule has 2 N–H and O–H groups in total. The Labute approximate surface area is 140 Å². The van der Waals surface area contributed by atoms with Gasteiger partial charge in [0, 0.05) is 45.5 Å². The quantitative estimate of drug-likeness (QED) is 0.692. The van der Waals surface area contributed by atoms with Crippen molar-refractivity contribution in [2.24, 2.45) is 0 Å². The Bertz CT molecular complexity index is 930. The van der Waals surface area contributed by atoms with Gasteiger partial charge in [-0.25, -0.2) is 4.79 Å². The van der Waals surface area contributed by atoms with Gasteiger partial charge < -0.3 is 10.1 Å². The molecular weight excluding hydrogens is 300 g/mol. The molecule has 0 unspecified atom stereocenters. The number of nitrogens with one attached hydrogen (secondary N) is 1. The second-order valence-electron chi connectivity index (χ2n) is 6.88. The molecule has 0 saturated carbocycles. The van der Waals surface area contributed by atoms with E-state index in [1.54, 1.807) is 6.08 Å². The van der Waals surface area contributed by atoms with Crippen LogP contribution < -0.4 is 0 Å². The Balaban J connectivity index is 2.01. The van der Waals surface area contributed by atoms with E-state index in [0.29, 0.717) is 0 Å². The highest BCUT2D eigenvalue weighted by Crippen LogP contribution is 2.28. The molecule has 0 amide bonds. The lowest BCUT2D eigenvalue weighted by atomic mass is 9.90. The number of aromatic amines is 1. The van der Waals surface area contributed by atoms with Crippen LogP contribution in [0.25, 0.3) is 28.2 Å². The van der Waals surface area contributed by atoms with Gasteiger partial charge in [0.25, 0.3) is 0 Å². The molecule has 2 aromatic heterocycles. The van der Waals surface area contributed by atoms with Crippen molar-refractivity contribution < 1.29 is 9.90 Å². The molecule has 4 nitrogen and oxygen atoms in total. The molecule has 4 heteroatoms. The lowest BCUT2D eigenvalue weighted by Gasteiger charge is -2.17. The first-order valence-electron chi connectivity index (χ1n) is 7.83. The average Bonchev–Trinajstić information content (AvgIpc) is 2.95. The first kappa shape index (κ1) is 16.0. The van der Waals surface area contributed by atoms with E-state index in [9.17, 15) is 4.79 Å². The molecule has 3 aromatic rings. The molecule has 122 valence electrons. The predicted molar refractivity (Wildman–Crippen MR) is 96.9 cm³/mol. The molecule has 2 heterocycles. The third-order valence-corrected chi connectivity index (χ3v) is 3.90. The fourth-order valence-electron chi connectivity index (χ4n) is 2.59. The summed E-state index contributed by atoms with van der Waals surface area (Å²) < 4.78 is 0. The van der Waals surface area contributed by atoms with Gasteiger partial charge in [0.05, 0.1) is 0 Å². The molecule has 0 atom stereocenters.